The minimum absolute atomic E-state index is 0.120. The fourth-order valence-electron chi connectivity index (χ4n) is 2.36. The summed E-state index contributed by atoms with van der Waals surface area (Å²) in [5, 5.41) is 3.95. The Morgan fingerprint density at radius 1 is 1.25 bits per heavy atom. The molecule has 2 aromatic rings. The zero-order valence-electron chi connectivity index (χ0n) is 15.8. The average Bonchev–Trinajstić information content (AvgIpc) is 2.71. The lowest BCUT2D eigenvalue weighted by Gasteiger charge is -2.07. The van der Waals surface area contributed by atoms with Crippen LogP contribution in [0.15, 0.2) is 52.0 Å². The smallest absolute Gasteiger partial charge is 0.277 e. The number of hydrogen-bond acceptors (Lipinski definition) is 4. The van der Waals surface area contributed by atoms with Gasteiger partial charge in [-0.3, -0.25) is 4.79 Å². The Morgan fingerprint density at radius 3 is 2.75 bits per heavy atom. The molecule has 0 aliphatic heterocycles. The van der Waals surface area contributed by atoms with Crippen LogP contribution in [0.3, 0.4) is 0 Å². The molecule has 0 fully saturated rings. The van der Waals surface area contributed by atoms with E-state index in [1.807, 2.05) is 36.4 Å². The van der Waals surface area contributed by atoms with E-state index in [-0.39, 0.29) is 19.1 Å². The summed E-state index contributed by atoms with van der Waals surface area (Å²) < 4.78 is 11.8. The van der Waals surface area contributed by atoms with Crippen molar-refractivity contribution in [2.75, 3.05) is 13.2 Å². The first-order chi connectivity index (χ1) is 13.6. The molecule has 2 aromatic carbocycles. The number of hydrazone groups is 1. The summed E-state index contributed by atoms with van der Waals surface area (Å²) in [7, 11) is 0. The van der Waals surface area contributed by atoms with Gasteiger partial charge in [0.25, 0.3) is 5.91 Å². The molecule has 2 rings (SSSR count). The van der Waals surface area contributed by atoms with Gasteiger partial charge in [-0.05, 0) is 48.7 Å². The third kappa shape index (κ3) is 7.45. The number of carbonyl (C=O) groups excluding carboxylic acids is 1. The first-order valence-electron chi connectivity index (χ1n) is 9.02. The Balaban J connectivity index is 1.84. The minimum Gasteiger partial charge on any atom is -0.484 e. The molecule has 0 unspecified atom stereocenters. The van der Waals surface area contributed by atoms with Gasteiger partial charge in [0.1, 0.15) is 18.1 Å². The molecule has 0 saturated heterocycles. The van der Waals surface area contributed by atoms with Crippen molar-refractivity contribution in [3.05, 3.63) is 58.1 Å². The van der Waals surface area contributed by atoms with Crippen LogP contribution >= 0.6 is 15.9 Å². The number of nitrogens with one attached hydrogen (secondary N) is 1. The van der Waals surface area contributed by atoms with Crippen molar-refractivity contribution in [1.29, 1.82) is 0 Å². The summed E-state index contributed by atoms with van der Waals surface area (Å²) in [4.78, 5) is 11.9. The highest BCUT2D eigenvalue weighted by Crippen LogP contribution is 2.21. The van der Waals surface area contributed by atoms with E-state index in [0.29, 0.717) is 17.1 Å². The highest BCUT2D eigenvalue weighted by molar-refractivity contribution is 9.10. The molecular weight excluding hydrogens is 420 g/mol. The van der Waals surface area contributed by atoms with Crippen molar-refractivity contribution < 1.29 is 14.3 Å². The van der Waals surface area contributed by atoms with Crippen LogP contribution in [0.2, 0.25) is 0 Å². The van der Waals surface area contributed by atoms with Crippen molar-refractivity contribution in [3.8, 4) is 23.8 Å². The minimum atomic E-state index is -0.354. The van der Waals surface area contributed by atoms with Crippen LogP contribution < -0.4 is 14.9 Å². The zero-order valence-corrected chi connectivity index (χ0v) is 17.4. The second kappa shape index (κ2) is 11.8. The van der Waals surface area contributed by atoms with Crippen molar-refractivity contribution in [2.45, 2.75) is 26.2 Å². The number of rotatable bonds is 10. The van der Waals surface area contributed by atoms with E-state index in [1.54, 1.807) is 6.07 Å². The van der Waals surface area contributed by atoms with Gasteiger partial charge in [0, 0.05) is 10.0 Å². The van der Waals surface area contributed by atoms with Crippen LogP contribution in [0.1, 0.15) is 30.9 Å². The molecule has 28 heavy (non-hydrogen) atoms. The summed E-state index contributed by atoms with van der Waals surface area (Å²) in [6, 6.07) is 13.2. The Bertz CT molecular complexity index is 842. The Kier molecular flexibility index (Phi) is 9.09. The van der Waals surface area contributed by atoms with Crippen LogP contribution in [0, 0.1) is 12.3 Å². The normalized spacial score (nSPS) is 10.5. The molecule has 0 aromatic heterocycles. The molecule has 0 bridgehead atoms. The Hall–Kier alpha value is -2.78. The SMILES string of the molecule is C#CCOc1ccc(Br)cc1/C=N\NC(=O)COc1ccc(CCCC)cc1. The molecule has 1 N–H and O–H groups in total. The molecule has 5 nitrogen and oxygen atoms in total. The topological polar surface area (TPSA) is 59.9 Å². The van der Waals surface area contributed by atoms with Gasteiger partial charge >= 0.3 is 0 Å². The van der Waals surface area contributed by atoms with Crippen molar-refractivity contribution in [2.24, 2.45) is 5.10 Å². The van der Waals surface area contributed by atoms with E-state index in [1.165, 1.54) is 11.8 Å². The quantitative estimate of drug-likeness (QED) is 0.338. The van der Waals surface area contributed by atoms with E-state index in [9.17, 15) is 4.79 Å². The number of amides is 1. The molecule has 0 atom stereocenters. The Morgan fingerprint density at radius 2 is 2.04 bits per heavy atom. The number of nitrogens with zero attached hydrogens (tertiary/aromatic N) is 1. The molecule has 0 heterocycles. The first kappa shape index (κ1) is 21.5. The van der Waals surface area contributed by atoms with Crippen LogP contribution in [-0.4, -0.2) is 25.3 Å². The van der Waals surface area contributed by atoms with Crippen LogP contribution in [0.25, 0.3) is 0 Å². The number of halogens is 1. The summed E-state index contributed by atoms with van der Waals surface area (Å²) in [5.74, 6) is 3.29. The van der Waals surface area contributed by atoms with Gasteiger partial charge in [-0.2, -0.15) is 5.10 Å². The van der Waals surface area contributed by atoms with Gasteiger partial charge in [-0.25, -0.2) is 5.43 Å². The van der Waals surface area contributed by atoms with Gasteiger partial charge in [0.05, 0.1) is 6.21 Å². The van der Waals surface area contributed by atoms with E-state index in [4.69, 9.17) is 15.9 Å². The van der Waals surface area contributed by atoms with Gasteiger partial charge in [-0.1, -0.05) is 47.3 Å². The summed E-state index contributed by atoms with van der Waals surface area (Å²) >= 11 is 3.39. The number of unbranched alkanes of at least 4 members (excludes halogenated alkanes) is 1. The number of benzene rings is 2. The Labute approximate surface area is 174 Å². The summed E-state index contributed by atoms with van der Waals surface area (Å²) in [6.45, 7) is 2.20. The van der Waals surface area contributed by atoms with Crippen molar-refractivity contribution in [3.63, 3.8) is 0 Å². The van der Waals surface area contributed by atoms with Crippen LogP contribution in [-0.2, 0) is 11.2 Å². The lowest BCUT2D eigenvalue weighted by atomic mass is 10.1. The molecule has 6 heteroatoms. The van der Waals surface area contributed by atoms with Gasteiger partial charge < -0.3 is 9.47 Å². The molecule has 0 radical (unpaired) electrons. The molecule has 146 valence electrons. The third-order valence-electron chi connectivity index (χ3n) is 3.79. The lowest BCUT2D eigenvalue weighted by molar-refractivity contribution is -0.123. The number of carbonyl (C=O) groups is 1. The largest absolute Gasteiger partial charge is 0.484 e. The second-order valence-electron chi connectivity index (χ2n) is 6.00. The molecule has 0 spiro atoms. The lowest BCUT2D eigenvalue weighted by Crippen LogP contribution is -2.24. The first-order valence-corrected chi connectivity index (χ1v) is 9.81. The highest BCUT2D eigenvalue weighted by atomic mass is 79.9. The predicted octanol–water partition coefficient (Wildman–Crippen LogP) is 4.33. The van der Waals surface area contributed by atoms with Crippen LogP contribution in [0.5, 0.6) is 11.5 Å². The molecular formula is C22H23BrN2O3. The predicted molar refractivity (Wildman–Crippen MR) is 115 cm³/mol. The van der Waals surface area contributed by atoms with E-state index in [2.05, 4.69) is 39.3 Å². The second-order valence-corrected chi connectivity index (χ2v) is 6.92. The maximum absolute atomic E-state index is 11.9. The average molecular weight is 443 g/mol. The van der Waals surface area contributed by atoms with Gasteiger partial charge in [0.2, 0.25) is 0 Å². The monoisotopic (exact) mass is 442 g/mol. The molecule has 0 saturated carbocycles. The van der Waals surface area contributed by atoms with Crippen molar-refractivity contribution in [1.82, 2.24) is 5.43 Å². The maximum atomic E-state index is 11.9. The number of terminal acetylenes is 1. The standard InChI is InChI=1S/C22H23BrN2O3/c1-3-5-6-17-7-10-20(11-8-17)28-16-22(26)25-24-15-18-14-19(23)9-12-21(18)27-13-4-2/h2,7-12,14-15H,3,5-6,13,16H2,1H3,(H,25,26)/b24-15-. The van der Waals surface area contributed by atoms with Crippen LogP contribution in [0.4, 0.5) is 0 Å². The van der Waals surface area contributed by atoms with E-state index >= 15 is 0 Å². The summed E-state index contributed by atoms with van der Waals surface area (Å²) in [5.41, 5.74) is 4.39. The highest BCUT2D eigenvalue weighted by Gasteiger charge is 2.04. The maximum Gasteiger partial charge on any atom is 0.277 e. The zero-order chi connectivity index (χ0) is 20.2. The molecule has 1 amide bonds. The number of ether oxygens (including phenoxy) is 2. The number of aryl methyl sites for hydroxylation is 1. The van der Waals surface area contributed by atoms with E-state index < -0.39 is 0 Å². The fourth-order valence-corrected chi connectivity index (χ4v) is 2.74. The molecule has 0 aliphatic rings. The van der Waals surface area contributed by atoms with E-state index in [0.717, 1.165) is 23.7 Å². The summed E-state index contributed by atoms with van der Waals surface area (Å²) in [6.07, 6.45) is 10.1. The van der Waals surface area contributed by atoms with Gasteiger partial charge in [-0.15, -0.1) is 6.42 Å². The molecule has 0 aliphatic carbocycles. The number of hydrogen-bond donors (Lipinski definition) is 1. The van der Waals surface area contributed by atoms with Gasteiger partial charge in [0.15, 0.2) is 6.61 Å². The van der Waals surface area contributed by atoms with Crippen molar-refractivity contribution >= 4 is 28.1 Å². The third-order valence-corrected chi connectivity index (χ3v) is 4.28. The fraction of sp³-hybridized carbons (Fsp3) is 0.273.